The summed E-state index contributed by atoms with van der Waals surface area (Å²) in [6, 6.07) is 9.50. The Balaban J connectivity index is 1.51. The van der Waals surface area contributed by atoms with Crippen LogP contribution < -0.4 is 4.90 Å². The van der Waals surface area contributed by atoms with Crippen molar-refractivity contribution in [3.8, 4) is 5.69 Å². The lowest BCUT2D eigenvalue weighted by Crippen LogP contribution is -2.49. The maximum atomic E-state index is 13.2. The number of aromatic nitrogens is 4. The SMILES string of the molecule is CCc1c(C(=O)N2CCN(c3cc(C)nc(C)n3)CC2)cnn1-c1cccc(Cl)c1. The van der Waals surface area contributed by atoms with E-state index in [2.05, 4.69) is 20.0 Å². The second-order valence-electron chi connectivity index (χ2n) is 7.44. The summed E-state index contributed by atoms with van der Waals surface area (Å²) in [5.41, 5.74) is 3.36. The van der Waals surface area contributed by atoms with E-state index in [1.807, 2.05) is 60.7 Å². The molecule has 0 bridgehead atoms. The van der Waals surface area contributed by atoms with E-state index in [1.54, 1.807) is 6.20 Å². The Labute approximate surface area is 181 Å². The van der Waals surface area contributed by atoms with Gasteiger partial charge in [0.05, 0.1) is 23.1 Å². The highest BCUT2D eigenvalue weighted by Gasteiger charge is 2.26. The van der Waals surface area contributed by atoms with Gasteiger partial charge in [0.1, 0.15) is 11.6 Å². The van der Waals surface area contributed by atoms with Crippen molar-refractivity contribution in [2.75, 3.05) is 31.1 Å². The number of halogens is 1. The molecule has 3 heterocycles. The summed E-state index contributed by atoms with van der Waals surface area (Å²) in [5.74, 6) is 1.72. The Morgan fingerprint density at radius 2 is 1.87 bits per heavy atom. The van der Waals surface area contributed by atoms with Gasteiger partial charge in [0.15, 0.2) is 0 Å². The number of aryl methyl sites for hydroxylation is 2. The molecule has 4 rings (SSSR count). The molecular formula is C22H25ClN6O. The highest BCUT2D eigenvalue weighted by Crippen LogP contribution is 2.21. The Bertz CT molecular complexity index is 1050. The molecule has 0 unspecified atom stereocenters. The van der Waals surface area contributed by atoms with Gasteiger partial charge >= 0.3 is 0 Å². The van der Waals surface area contributed by atoms with Crippen molar-refractivity contribution >= 4 is 23.3 Å². The lowest BCUT2D eigenvalue weighted by molar-refractivity contribution is 0.0745. The fourth-order valence-electron chi connectivity index (χ4n) is 3.89. The van der Waals surface area contributed by atoms with Crippen LogP contribution in [0.3, 0.4) is 0 Å². The third-order valence-corrected chi connectivity index (χ3v) is 5.57. The van der Waals surface area contributed by atoms with Gasteiger partial charge < -0.3 is 9.80 Å². The zero-order valence-corrected chi connectivity index (χ0v) is 18.2. The van der Waals surface area contributed by atoms with Gasteiger partial charge in [-0.1, -0.05) is 24.6 Å². The van der Waals surface area contributed by atoms with Crippen LogP contribution in [0.5, 0.6) is 0 Å². The molecule has 1 fully saturated rings. The van der Waals surface area contributed by atoms with Crippen LogP contribution in [0, 0.1) is 13.8 Å². The molecule has 0 radical (unpaired) electrons. The first-order valence-electron chi connectivity index (χ1n) is 10.2. The molecular weight excluding hydrogens is 400 g/mol. The lowest BCUT2D eigenvalue weighted by atomic mass is 10.1. The fraction of sp³-hybridized carbons (Fsp3) is 0.364. The van der Waals surface area contributed by atoms with E-state index in [0.717, 1.165) is 41.8 Å². The van der Waals surface area contributed by atoms with E-state index < -0.39 is 0 Å². The summed E-state index contributed by atoms with van der Waals surface area (Å²) >= 11 is 6.14. The normalized spacial score (nSPS) is 14.3. The van der Waals surface area contributed by atoms with Crippen molar-refractivity contribution < 1.29 is 4.79 Å². The number of amides is 1. The molecule has 1 aliphatic heterocycles. The first-order valence-corrected chi connectivity index (χ1v) is 10.5. The number of rotatable bonds is 4. The zero-order valence-electron chi connectivity index (χ0n) is 17.5. The molecule has 7 nitrogen and oxygen atoms in total. The number of hydrogen-bond donors (Lipinski definition) is 0. The minimum Gasteiger partial charge on any atom is -0.353 e. The van der Waals surface area contributed by atoms with Gasteiger partial charge in [-0.15, -0.1) is 0 Å². The lowest BCUT2D eigenvalue weighted by Gasteiger charge is -2.35. The Morgan fingerprint density at radius 3 is 2.53 bits per heavy atom. The topological polar surface area (TPSA) is 67.2 Å². The molecule has 30 heavy (non-hydrogen) atoms. The van der Waals surface area contributed by atoms with E-state index in [0.29, 0.717) is 30.1 Å². The van der Waals surface area contributed by atoms with Crippen molar-refractivity contribution in [2.24, 2.45) is 0 Å². The minimum absolute atomic E-state index is 0.0230. The number of anilines is 1. The molecule has 0 N–H and O–H groups in total. The molecule has 2 aromatic heterocycles. The number of carbonyl (C=O) groups is 1. The third-order valence-electron chi connectivity index (χ3n) is 5.33. The molecule has 0 aliphatic carbocycles. The van der Waals surface area contributed by atoms with Gasteiger partial charge in [0.25, 0.3) is 5.91 Å². The van der Waals surface area contributed by atoms with Crippen molar-refractivity contribution in [3.63, 3.8) is 0 Å². The van der Waals surface area contributed by atoms with Crippen molar-refractivity contribution in [3.05, 3.63) is 64.3 Å². The highest BCUT2D eigenvalue weighted by molar-refractivity contribution is 6.30. The molecule has 8 heteroatoms. The molecule has 1 amide bonds. The molecule has 0 saturated carbocycles. The maximum absolute atomic E-state index is 13.2. The summed E-state index contributed by atoms with van der Waals surface area (Å²) < 4.78 is 1.81. The Morgan fingerprint density at radius 1 is 1.10 bits per heavy atom. The summed E-state index contributed by atoms with van der Waals surface area (Å²) in [7, 11) is 0. The molecule has 1 aliphatic rings. The molecule has 3 aromatic rings. The fourth-order valence-corrected chi connectivity index (χ4v) is 4.08. The number of piperazine rings is 1. The average Bonchev–Trinajstić information content (AvgIpc) is 3.17. The van der Waals surface area contributed by atoms with Crippen LogP contribution in [0.25, 0.3) is 5.69 Å². The smallest absolute Gasteiger partial charge is 0.257 e. The quantitative estimate of drug-likeness (QED) is 0.641. The van der Waals surface area contributed by atoms with E-state index in [-0.39, 0.29) is 5.91 Å². The third kappa shape index (κ3) is 4.03. The number of nitrogens with zero attached hydrogens (tertiary/aromatic N) is 6. The van der Waals surface area contributed by atoms with E-state index in [4.69, 9.17) is 11.6 Å². The summed E-state index contributed by atoms with van der Waals surface area (Å²) in [6.45, 7) is 8.68. The minimum atomic E-state index is 0.0230. The van der Waals surface area contributed by atoms with Crippen LogP contribution in [0.15, 0.2) is 36.5 Å². The molecule has 0 spiro atoms. The number of hydrogen-bond acceptors (Lipinski definition) is 5. The maximum Gasteiger partial charge on any atom is 0.257 e. The van der Waals surface area contributed by atoms with Crippen molar-refractivity contribution in [1.29, 1.82) is 0 Å². The van der Waals surface area contributed by atoms with Crippen LogP contribution in [-0.2, 0) is 6.42 Å². The van der Waals surface area contributed by atoms with Gasteiger partial charge in [0.2, 0.25) is 0 Å². The standard InChI is InChI=1S/C22H25ClN6O/c1-4-20-19(14-24-29(20)18-7-5-6-17(23)13-18)22(30)28-10-8-27(9-11-28)21-12-15(2)25-16(3)26-21/h5-7,12-14H,4,8-11H2,1-3H3. The van der Waals surface area contributed by atoms with Crippen LogP contribution in [0.2, 0.25) is 5.02 Å². The van der Waals surface area contributed by atoms with Crippen LogP contribution in [0.4, 0.5) is 5.82 Å². The highest BCUT2D eigenvalue weighted by atomic mass is 35.5. The van der Waals surface area contributed by atoms with Gasteiger partial charge in [-0.3, -0.25) is 4.79 Å². The number of benzene rings is 1. The Kier molecular flexibility index (Phi) is 5.72. The van der Waals surface area contributed by atoms with Gasteiger partial charge in [-0.05, 0) is 38.5 Å². The van der Waals surface area contributed by atoms with Crippen molar-refractivity contribution in [2.45, 2.75) is 27.2 Å². The summed E-state index contributed by atoms with van der Waals surface area (Å²) in [6.07, 6.45) is 2.37. The summed E-state index contributed by atoms with van der Waals surface area (Å²) in [5, 5.41) is 5.12. The van der Waals surface area contributed by atoms with Crippen LogP contribution in [-0.4, -0.2) is 56.7 Å². The van der Waals surface area contributed by atoms with E-state index in [1.165, 1.54) is 0 Å². The van der Waals surface area contributed by atoms with Crippen LogP contribution in [0.1, 0.15) is 34.5 Å². The molecule has 1 saturated heterocycles. The molecule has 0 atom stereocenters. The summed E-state index contributed by atoms with van der Waals surface area (Å²) in [4.78, 5) is 26.2. The first-order chi connectivity index (χ1) is 14.5. The monoisotopic (exact) mass is 424 g/mol. The van der Waals surface area contributed by atoms with Gasteiger partial charge in [0, 0.05) is 43.0 Å². The first kappa shape index (κ1) is 20.3. The average molecular weight is 425 g/mol. The zero-order chi connectivity index (χ0) is 21.3. The van der Waals surface area contributed by atoms with E-state index >= 15 is 0 Å². The van der Waals surface area contributed by atoms with Crippen LogP contribution >= 0.6 is 11.6 Å². The van der Waals surface area contributed by atoms with E-state index in [9.17, 15) is 4.79 Å². The number of carbonyl (C=O) groups excluding carboxylic acids is 1. The largest absolute Gasteiger partial charge is 0.353 e. The second kappa shape index (κ2) is 8.44. The van der Waals surface area contributed by atoms with Crippen molar-refractivity contribution in [1.82, 2.24) is 24.6 Å². The second-order valence-corrected chi connectivity index (χ2v) is 7.88. The molecule has 156 valence electrons. The molecule has 1 aromatic carbocycles. The Hall–Kier alpha value is -2.93. The predicted molar refractivity (Wildman–Crippen MR) is 118 cm³/mol. The van der Waals surface area contributed by atoms with Gasteiger partial charge in [-0.2, -0.15) is 5.10 Å². The van der Waals surface area contributed by atoms with Gasteiger partial charge in [-0.25, -0.2) is 14.6 Å². The predicted octanol–water partition coefficient (Wildman–Crippen LogP) is 3.46.